The summed E-state index contributed by atoms with van der Waals surface area (Å²) in [6.45, 7) is 8.21. The number of aliphatic hydroxyl groups is 1. The molecule has 1 aromatic heterocycles. The second kappa shape index (κ2) is 9.16. The summed E-state index contributed by atoms with van der Waals surface area (Å²) in [7, 11) is 0. The number of aromatic nitrogens is 1. The molecule has 2 aromatic rings. The minimum atomic E-state index is -0.909. The number of fused-ring (bicyclic) bond motifs is 1. The lowest BCUT2D eigenvalue weighted by Crippen LogP contribution is -2.47. The lowest BCUT2D eigenvalue weighted by atomic mass is 9.88. The fourth-order valence-corrected chi connectivity index (χ4v) is 5.65. The van der Waals surface area contributed by atoms with Gasteiger partial charge >= 0.3 is 0 Å². The minimum Gasteiger partial charge on any atom is -0.383 e. The molecule has 0 aliphatic carbocycles. The number of rotatable bonds is 6. The molecule has 4 rings (SSSR count). The van der Waals surface area contributed by atoms with E-state index in [1.807, 2.05) is 10.3 Å². The second-order valence-corrected chi connectivity index (χ2v) is 9.67. The van der Waals surface area contributed by atoms with Crippen LogP contribution >= 0.6 is 11.3 Å². The Kier molecular flexibility index (Phi) is 6.56. The van der Waals surface area contributed by atoms with E-state index in [9.17, 15) is 9.90 Å². The van der Waals surface area contributed by atoms with Crippen LogP contribution in [0.4, 0.5) is 0 Å². The van der Waals surface area contributed by atoms with Crippen molar-refractivity contribution in [1.82, 2.24) is 14.8 Å². The average Bonchev–Trinajstić information content (AvgIpc) is 3.24. The van der Waals surface area contributed by atoms with E-state index in [4.69, 9.17) is 4.98 Å². The first-order valence-electron chi connectivity index (χ1n) is 11.3. The van der Waals surface area contributed by atoms with E-state index in [2.05, 4.69) is 43.0 Å². The van der Waals surface area contributed by atoms with Crippen LogP contribution in [0.15, 0.2) is 29.6 Å². The molecule has 162 valence electrons. The number of likely N-dealkylation sites (tertiary alicyclic amines) is 1. The molecule has 1 N–H and O–H groups in total. The molecule has 0 spiro atoms. The smallest absolute Gasteiger partial charge is 0.225 e. The van der Waals surface area contributed by atoms with Gasteiger partial charge < -0.3 is 10.0 Å². The van der Waals surface area contributed by atoms with Crippen molar-refractivity contribution in [2.45, 2.75) is 64.6 Å². The summed E-state index contributed by atoms with van der Waals surface area (Å²) >= 11 is 1.64. The van der Waals surface area contributed by atoms with Crippen LogP contribution < -0.4 is 0 Å². The van der Waals surface area contributed by atoms with Gasteiger partial charge in [0.25, 0.3) is 0 Å². The summed E-state index contributed by atoms with van der Waals surface area (Å²) in [5.74, 6) is 0.350. The Bertz CT molecular complexity index is 869. The maximum atomic E-state index is 12.6. The molecule has 2 aliphatic heterocycles. The summed E-state index contributed by atoms with van der Waals surface area (Å²) in [6.07, 6.45) is 3.98. The first kappa shape index (κ1) is 21.5. The Morgan fingerprint density at radius 3 is 2.57 bits per heavy atom. The van der Waals surface area contributed by atoms with Gasteiger partial charge in [-0.2, -0.15) is 0 Å². The Balaban J connectivity index is 1.36. The zero-order valence-corrected chi connectivity index (χ0v) is 19.0. The zero-order valence-electron chi connectivity index (χ0n) is 18.1. The van der Waals surface area contributed by atoms with E-state index >= 15 is 0 Å². The van der Waals surface area contributed by atoms with Gasteiger partial charge in [0.15, 0.2) is 0 Å². The number of hydrogen-bond donors (Lipinski definition) is 1. The van der Waals surface area contributed by atoms with Crippen LogP contribution in [0, 0.1) is 5.92 Å². The van der Waals surface area contributed by atoms with E-state index < -0.39 is 5.60 Å². The molecule has 3 heterocycles. The molecule has 0 unspecified atom stereocenters. The van der Waals surface area contributed by atoms with Crippen molar-refractivity contribution in [1.29, 1.82) is 0 Å². The van der Waals surface area contributed by atoms with Crippen molar-refractivity contribution in [3.8, 4) is 0 Å². The first-order chi connectivity index (χ1) is 14.5. The van der Waals surface area contributed by atoms with Crippen molar-refractivity contribution >= 4 is 17.2 Å². The molecule has 1 saturated heterocycles. The number of thiazole rings is 1. The largest absolute Gasteiger partial charge is 0.383 e. The van der Waals surface area contributed by atoms with Crippen LogP contribution in [-0.4, -0.2) is 45.4 Å². The van der Waals surface area contributed by atoms with Crippen LogP contribution in [0.3, 0.4) is 0 Å². The Morgan fingerprint density at radius 2 is 1.87 bits per heavy atom. The topological polar surface area (TPSA) is 56.7 Å². The molecule has 0 radical (unpaired) electrons. The van der Waals surface area contributed by atoms with Gasteiger partial charge in [0.2, 0.25) is 5.91 Å². The third kappa shape index (κ3) is 4.46. The van der Waals surface area contributed by atoms with Gasteiger partial charge in [0.1, 0.15) is 10.6 Å². The van der Waals surface area contributed by atoms with Crippen molar-refractivity contribution in [2.24, 2.45) is 5.92 Å². The second-order valence-electron chi connectivity index (χ2n) is 8.73. The molecule has 1 amide bonds. The first-order valence-corrected chi connectivity index (χ1v) is 12.2. The molecule has 1 fully saturated rings. The SMILES string of the molecule is CCC(CC)C(=O)N1CCC(O)(c2csc(CN3CCc4ccccc4C3)n2)CC1. The maximum absolute atomic E-state index is 12.6. The summed E-state index contributed by atoms with van der Waals surface area (Å²) in [4.78, 5) is 21.8. The van der Waals surface area contributed by atoms with Crippen molar-refractivity contribution < 1.29 is 9.90 Å². The molecular formula is C24H33N3O2S. The van der Waals surface area contributed by atoms with Gasteiger partial charge in [-0.3, -0.25) is 9.69 Å². The highest BCUT2D eigenvalue weighted by Gasteiger charge is 2.38. The third-order valence-corrected chi connectivity index (χ3v) is 7.67. The van der Waals surface area contributed by atoms with E-state index in [-0.39, 0.29) is 11.8 Å². The van der Waals surface area contributed by atoms with Gasteiger partial charge in [0.05, 0.1) is 12.2 Å². The van der Waals surface area contributed by atoms with E-state index in [0.29, 0.717) is 25.9 Å². The lowest BCUT2D eigenvalue weighted by molar-refractivity contribution is -0.140. The van der Waals surface area contributed by atoms with Crippen molar-refractivity contribution in [3.05, 3.63) is 51.5 Å². The van der Waals surface area contributed by atoms with Crippen LogP contribution in [0.5, 0.6) is 0 Å². The van der Waals surface area contributed by atoms with Crippen LogP contribution in [0.1, 0.15) is 61.4 Å². The van der Waals surface area contributed by atoms with E-state index in [1.165, 1.54) is 11.1 Å². The number of amides is 1. The fraction of sp³-hybridized carbons (Fsp3) is 0.583. The molecule has 2 aliphatic rings. The van der Waals surface area contributed by atoms with Gasteiger partial charge in [-0.25, -0.2) is 4.98 Å². The van der Waals surface area contributed by atoms with Crippen LogP contribution in [-0.2, 0) is 29.9 Å². The predicted molar refractivity (Wildman–Crippen MR) is 120 cm³/mol. The molecule has 1 aromatic carbocycles. The number of carbonyl (C=O) groups is 1. The Labute approximate surface area is 183 Å². The quantitative estimate of drug-likeness (QED) is 0.758. The highest BCUT2D eigenvalue weighted by Crippen LogP contribution is 2.34. The van der Waals surface area contributed by atoms with Crippen LogP contribution in [0.25, 0.3) is 0 Å². The van der Waals surface area contributed by atoms with Crippen molar-refractivity contribution in [3.63, 3.8) is 0 Å². The fourth-order valence-electron chi connectivity index (χ4n) is 4.73. The normalized spacial score (nSPS) is 19.1. The number of nitrogens with zero attached hydrogens (tertiary/aromatic N) is 3. The highest BCUT2D eigenvalue weighted by molar-refractivity contribution is 7.09. The maximum Gasteiger partial charge on any atom is 0.225 e. The van der Waals surface area contributed by atoms with E-state index in [1.54, 1.807) is 11.3 Å². The number of benzene rings is 1. The predicted octanol–water partition coefficient (Wildman–Crippen LogP) is 3.95. The summed E-state index contributed by atoms with van der Waals surface area (Å²) in [5.41, 5.74) is 2.74. The molecular weight excluding hydrogens is 394 g/mol. The van der Waals surface area contributed by atoms with Crippen molar-refractivity contribution in [2.75, 3.05) is 19.6 Å². The molecule has 0 atom stereocenters. The van der Waals surface area contributed by atoms with E-state index in [0.717, 1.165) is 49.6 Å². The number of piperidine rings is 1. The summed E-state index contributed by atoms with van der Waals surface area (Å²) < 4.78 is 0. The monoisotopic (exact) mass is 427 g/mol. The number of carbonyl (C=O) groups excluding carboxylic acids is 1. The summed E-state index contributed by atoms with van der Waals surface area (Å²) in [6, 6.07) is 8.67. The zero-order chi connectivity index (χ0) is 21.1. The number of hydrogen-bond acceptors (Lipinski definition) is 5. The highest BCUT2D eigenvalue weighted by atomic mass is 32.1. The average molecular weight is 428 g/mol. The van der Waals surface area contributed by atoms with Crippen LogP contribution in [0.2, 0.25) is 0 Å². The summed E-state index contributed by atoms with van der Waals surface area (Å²) in [5, 5.41) is 14.3. The van der Waals surface area contributed by atoms with Gasteiger partial charge in [-0.05, 0) is 43.2 Å². The molecule has 5 nitrogen and oxygen atoms in total. The molecule has 6 heteroatoms. The van der Waals surface area contributed by atoms with Gasteiger partial charge in [-0.1, -0.05) is 38.1 Å². The molecule has 30 heavy (non-hydrogen) atoms. The van der Waals surface area contributed by atoms with Gasteiger partial charge in [-0.15, -0.1) is 11.3 Å². The van der Waals surface area contributed by atoms with Gasteiger partial charge in [0, 0.05) is 37.5 Å². The minimum absolute atomic E-state index is 0.108. The molecule has 0 bridgehead atoms. The molecule has 0 saturated carbocycles. The lowest BCUT2D eigenvalue weighted by Gasteiger charge is -2.38. The Morgan fingerprint density at radius 1 is 1.17 bits per heavy atom. The third-order valence-electron chi connectivity index (χ3n) is 6.83. The standard InChI is InChI=1S/C24H33N3O2S/c1-3-18(4-2)23(28)27-13-10-24(29,11-14-27)21-17-30-22(25-21)16-26-12-9-19-7-5-6-8-20(19)15-26/h5-8,17-18,29H,3-4,9-16H2,1-2H3. The Hall–Kier alpha value is -1.76.